The number of benzene rings is 1. The maximum absolute atomic E-state index is 12.4. The summed E-state index contributed by atoms with van der Waals surface area (Å²) in [6, 6.07) is 8.58. The Morgan fingerprint density at radius 1 is 1.19 bits per heavy atom. The number of ether oxygens (including phenoxy) is 1. The molecule has 140 valence electrons. The average molecular weight is 357 g/mol. The van der Waals surface area contributed by atoms with Gasteiger partial charge in [-0.05, 0) is 31.5 Å². The number of rotatable bonds is 6. The highest BCUT2D eigenvalue weighted by Crippen LogP contribution is 2.24. The molecule has 26 heavy (non-hydrogen) atoms. The van der Waals surface area contributed by atoms with Crippen LogP contribution < -0.4 is 5.32 Å². The lowest BCUT2D eigenvalue weighted by Gasteiger charge is -2.25. The highest BCUT2D eigenvalue weighted by Gasteiger charge is 2.32. The topological polar surface area (TPSA) is 63.6 Å². The summed E-state index contributed by atoms with van der Waals surface area (Å²) >= 11 is 0. The number of fused-ring (bicyclic) bond motifs is 1. The molecule has 1 aliphatic rings. The Morgan fingerprint density at radius 2 is 1.92 bits per heavy atom. The van der Waals surface area contributed by atoms with Crippen molar-refractivity contribution < 1.29 is 14.3 Å². The lowest BCUT2D eigenvalue weighted by atomic mass is 10.1. The first-order valence-electron chi connectivity index (χ1n) is 9.08. The second-order valence-electron chi connectivity index (χ2n) is 7.09. The first-order chi connectivity index (χ1) is 12.5. The summed E-state index contributed by atoms with van der Waals surface area (Å²) in [7, 11) is 5.43. The van der Waals surface area contributed by atoms with E-state index >= 15 is 0 Å². The van der Waals surface area contributed by atoms with Gasteiger partial charge in [0.2, 0.25) is 5.91 Å². The Morgan fingerprint density at radius 3 is 2.69 bits per heavy atom. The number of aryl methyl sites for hydroxylation is 1. The molecule has 0 radical (unpaired) electrons. The van der Waals surface area contributed by atoms with Crippen LogP contribution in [0.2, 0.25) is 0 Å². The van der Waals surface area contributed by atoms with E-state index in [0.717, 1.165) is 29.3 Å². The van der Waals surface area contributed by atoms with Gasteiger partial charge in [-0.25, -0.2) is 0 Å². The molecule has 1 amide bonds. The van der Waals surface area contributed by atoms with Crippen LogP contribution in [0.3, 0.4) is 0 Å². The van der Waals surface area contributed by atoms with Crippen LogP contribution in [0.5, 0.6) is 0 Å². The van der Waals surface area contributed by atoms with Gasteiger partial charge < -0.3 is 14.6 Å². The zero-order valence-electron chi connectivity index (χ0n) is 15.7. The van der Waals surface area contributed by atoms with Crippen LogP contribution in [-0.2, 0) is 27.8 Å². The molecule has 6 nitrogen and oxygen atoms in total. The molecule has 0 aliphatic carbocycles. The van der Waals surface area contributed by atoms with E-state index < -0.39 is 0 Å². The maximum Gasteiger partial charge on any atom is 0.307 e. The number of aromatic nitrogens is 1. The molecule has 1 fully saturated rings. The van der Waals surface area contributed by atoms with Crippen LogP contribution in [0.4, 0.5) is 0 Å². The van der Waals surface area contributed by atoms with E-state index in [2.05, 4.69) is 26.9 Å². The lowest BCUT2D eigenvalue weighted by molar-refractivity contribution is -0.141. The van der Waals surface area contributed by atoms with Crippen molar-refractivity contribution in [3.8, 4) is 0 Å². The van der Waals surface area contributed by atoms with Gasteiger partial charge in [-0.1, -0.05) is 18.2 Å². The Kier molecular flexibility index (Phi) is 5.61. The van der Waals surface area contributed by atoms with Crippen molar-refractivity contribution in [3.05, 3.63) is 36.0 Å². The molecule has 0 bridgehead atoms. The number of hydrogen-bond donors (Lipinski definition) is 1. The minimum atomic E-state index is -0.178. The van der Waals surface area contributed by atoms with Crippen molar-refractivity contribution in [1.29, 1.82) is 0 Å². The molecule has 2 atom stereocenters. The minimum Gasteiger partial charge on any atom is -0.469 e. The number of esters is 1. The van der Waals surface area contributed by atoms with Gasteiger partial charge in [-0.2, -0.15) is 0 Å². The molecule has 1 aromatic carbocycles. The van der Waals surface area contributed by atoms with Crippen LogP contribution in [0.25, 0.3) is 10.9 Å². The number of likely N-dealkylation sites (tertiary alicyclic amines) is 1. The molecule has 3 rings (SSSR count). The zero-order valence-corrected chi connectivity index (χ0v) is 15.7. The first kappa shape index (κ1) is 18.5. The maximum atomic E-state index is 12.4. The van der Waals surface area contributed by atoms with Crippen molar-refractivity contribution in [3.63, 3.8) is 0 Å². The van der Waals surface area contributed by atoms with Gasteiger partial charge in [0.05, 0.1) is 20.0 Å². The summed E-state index contributed by atoms with van der Waals surface area (Å²) in [5.74, 6) is -0.145. The third-order valence-electron chi connectivity index (χ3n) is 5.48. The van der Waals surface area contributed by atoms with E-state index in [4.69, 9.17) is 4.74 Å². The second-order valence-corrected chi connectivity index (χ2v) is 7.09. The monoisotopic (exact) mass is 357 g/mol. The third-order valence-corrected chi connectivity index (χ3v) is 5.48. The number of amides is 1. The van der Waals surface area contributed by atoms with Crippen LogP contribution in [-0.4, -0.2) is 54.1 Å². The van der Waals surface area contributed by atoms with E-state index in [1.165, 1.54) is 7.11 Å². The molecule has 1 aliphatic heterocycles. The van der Waals surface area contributed by atoms with Gasteiger partial charge in [0.1, 0.15) is 0 Å². The van der Waals surface area contributed by atoms with Gasteiger partial charge in [0.25, 0.3) is 0 Å². The lowest BCUT2D eigenvalue weighted by Crippen LogP contribution is -2.42. The van der Waals surface area contributed by atoms with E-state index in [1.54, 1.807) is 0 Å². The smallest absolute Gasteiger partial charge is 0.307 e. The number of carbonyl (C=O) groups excluding carboxylic acids is 2. The number of para-hydroxylation sites is 1. The normalized spacial score (nSPS) is 20.4. The molecule has 0 unspecified atom stereocenters. The van der Waals surface area contributed by atoms with Crippen LogP contribution >= 0.6 is 0 Å². The second kappa shape index (κ2) is 7.91. The average Bonchev–Trinajstić information content (AvgIpc) is 3.14. The molecular weight excluding hydrogens is 330 g/mol. The summed E-state index contributed by atoms with van der Waals surface area (Å²) < 4.78 is 6.82. The molecule has 0 saturated carbocycles. The highest BCUT2D eigenvalue weighted by atomic mass is 16.5. The molecule has 1 aromatic heterocycles. The fourth-order valence-electron chi connectivity index (χ4n) is 3.89. The quantitative estimate of drug-likeness (QED) is 0.802. The van der Waals surface area contributed by atoms with Crippen molar-refractivity contribution in [2.24, 2.45) is 7.05 Å². The van der Waals surface area contributed by atoms with Gasteiger partial charge in [-0.15, -0.1) is 0 Å². The first-order valence-corrected chi connectivity index (χ1v) is 9.08. The van der Waals surface area contributed by atoms with Gasteiger partial charge in [-0.3, -0.25) is 14.5 Å². The summed E-state index contributed by atoms with van der Waals surface area (Å²) in [6.45, 7) is 0.609. The predicted molar refractivity (Wildman–Crippen MR) is 101 cm³/mol. The van der Waals surface area contributed by atoms with E-state index in [9.17, 15) is 9.59 Å². The number of likely N-dealkylation sites (N-methyl/N-ethyl adjacent to an activating group) is 1. The fourth-order valence-corrected chi connectivity index (χ4v) is 3.89. The van der Waals surface area contributed by atoms with Crippen LogP contribution in [0.15, 0.2) is 30.5 Å². The van der Waals surface area contributed by atoms with Crippen molar-refractivity contribution in [2.45, 2.75) is 37.8 Å². The van der Waals surface area contributed by atoms with Crippen molar-refractivity contribution >= 4 is 22.8 Å². The number of hydrogen-bond acceptors (Lipinski definition) is 4. The largest absolute Gasteiger partial charge is 0.469 e. The summed E-state index contributed by atoms with van der Waals surface area (Å²) in [5.41, 5.74) is 2.18. The van der Waals surface area contributed by atoms with Gasteiger partial charge in [0, 0.05) is 42.8 Å². The molecule has 0 spiro atoms. The SMILES string of the molecule is COC(=O)C[C@H]1CC[C@@H](CNC(=O)Cc2cn(C)c3ccccc23)N1C. The van der Waals surface area contributed by atoms with Crippen molar-refractivity contribution in [1.82, 2.24) is 14.8 Å². The molecule has 1 saturated heterocycles. The zero-order chi connectivity index (χ0) is 18.7. The molecule has 1 N–H and O–H groups in total. The highest BCUT2D eigenvalue weighted by molar-refractivity contribution is 5.89. The minimum absolute atomic E-state index is 0.0335. The number of nitrogens with one attached hydrogen (secondary N) is 1. The van der Waals surface area contributed by atoms with E-state index in [1.807, 2.05) is 32.4 Å². The summed E-state index contributed by atoms with van der Waals surface area (Å²) in [6.07, 6.45) is 4.75. The standard InChI is InChI=1S/C20H27N3O3/c1-22-13-14(17-6-4-5-7-18(17)22)10-19(24)21-12-16-9-8-15(23(16)2)11-20(25)26-3/h4-7,13,15-16H,8-12H2,1-3H3,(H,21,24)/t15-,16+/m1/s1. The number of nitrogens with zero attached hydrogens (tertiary/aromatic N) is 2. The van der Waals surface area contributed by atoms with Gasteiger partial charge in [0.15, 0.2) is 0 Å². The van der Waals surface area contributed by atoms with Gasteiger partial charge >= 0.3 is 5.97 Å². The number of methoxy groups -OCH3 is 1. The van der Waals surface area contributed by atoms with Crippen molar-refractivity contribution in [2.75, 3.05) is 20.7 Å². The Hall–Kier alpha value is -2.34. The third kappa shape index (κ3) is 3.90. The Bertz CT molecular complexity index is 799. The molecule has 2 aromatic rings. The predicted octanol–water partition coefficient (Wildman–Crippen LogP) is 1.86. The van der Waals surface area contributed by atoms with Crippen LogP contribution in [0, 0.1) is 0 Å². The summed E-state index contributed by atoms with van der Waals surface area (Å²) in [4.78, 5) is 26.1. The van der Waals surface area contributed by atoms with E-state index in [0.29, 0.717) is 19.4 Å². The molecule has 6 heteroatoms. The molecule has 2 heterocycles. The summed E-state index contributed by atoms with van der Waals surface area (Å²) in [5, 5.41) is 4.19. The van der Waals surface area contributed by atoms with E-state index in [-0.39, 0.29) is 24.0 Å². The number of carbonyl (C=O) groups is 2. The Balaban J connectivity index is 1.54. The fraction of sp³-hybridized carbons (Fsp3) is 0.500. The Labute approximate surface area is 154 Å². The van der Waals surface area contributed by atoms with Crippen LogP contribution in [0.1, 0.15) is 24.8 Å². The molecular formula is C20H27N3O3.